The summed E-state index contributed by atoms with van der Waals surface area (Å²) in [5.41, 5.74) is 3.43. The van der Waals surface area contributed by atoms with Gasteiger partial charge in [-0.05, 0) is 41.5 Å². The molecule has 3 nitrogen and oxygen atoms in total. The first-order chi connectivity index (χ1) is 12.7. The van der Waals surface area contributed by atoms with Gasteiger partial charge in [0.25, 0.3) is 0 Å². The minimum atomic E-state index is 0.615. The van der Waals surface area contributed by atoms with Gasteiger partial charge in [-0.3, -0.25) is 4.79 Å². The lowest BCUT2D eigenvalue weighted by molar-refractivity contribution is 0.112. The Hall–Kier alpha value is -3.46. The Kier molecular flexibility index (Phi) is 4.20. The Bertz CT molecular complexity index is 1100. The molecule has 26 heavy (non-hydrogen) atoms. The number of fused-ring (bicyclic) bond motifs is 1. The van der Waals surface area contributed by atoms with E-state index in [1.165, 1.54) is 5.39 Å². The second-order valence-electron chi connectivity index (χ2n) is 6.14. The van der Waals surface area contributed by atoms with E-state index in [0.717, 1.165) is 34.3 Å². The molecule has 0 radical (unpaired) electrons. The normalized spacial score (nSPS) is 11.3. The molecule has 0 bridgehead atoms. The summed E-state index contributed by atoms with van der Waals surface area (Å²) in [6, 6.07) is 21.8. The predicted octanol–water partition coefficient (Wildman–Crippen LogP) is 5.79. The standard InChI is InChI=1S/C23H17NO2/c1-16-22(13-10-17-6-8-18(15-25)9-7-17)24-23(26-16)21-12-11-19-4-2-3-5-20(19)14-21/h2-15H,1H3/b13-10+. The van der Waals surface area contributed by atoms with Crippen LogP contribution in [-0.4, -0.2) is 11.3 Å². The van der Waals surface area contributed by atoms with E-state index in [0.29, 0.717) is 11.5 Å². The Morgan fingerprint density at radius 2 is 1.58 bits per heavy atom. The number of aldehydes is 1. The van der Waals surface area contributed by atoms with Crippen molar-refractivity contribution in [3.8, 4) is 11.5 Å². The van der Waals surface area contributed by atoms with Gasteiger partial charge in [0.05, 0.1) is 0 Å². The monoisotopic (exact) mass is 339 g/mol. The Morgan fingerprint density at radius 3 is 2.35 bits per heavy atom. The van der Waals surface area contributed by atoms with Crippen molar-refractivity contribution in [1.29, 1.82) is 0 Å². The summed E-state index contributed by atoms with van der Waals surface area (Å²) in [6.07, 6.45) is 4.73. The number of aromatic nitrogens is 1. The molecule has 0 fully saturated rings. The molecule has 0 saturated carbocycles. The first kappa shape index (κ1) is 16.0. The number of hydrogen-bond donors (Lipinski definition) is 0. The molecule has 3 heteroatoms. The lowest BCUT2D eigenvalue weighted by Gasteiger charge is -1.99. The molecule has 4 aromatic rings. The van der Waals surface area contributed by atoms with E-state index in [1.807, 2.05) is 49.4 Å². The first-order valence-corrected chi connectivity index (χ1v) is 8.43. The zero-order chi connectivity index (χ0) is 17.9. The molecule has 3 aromatic carbocycles. The number of benzene rings is 3. The fraction of sp³-hybridized carbons (Fsp3) is 0.0435. The van der Waals surface area contributed by atoms with Crippen LogP contribution < -0.4 is 0 Å². The third-order valence-corrected chi connectivity index (χ3v) is 4.34. The van der Waals surface area contributed by atoms with E-state index in [1.54, 1.807) is 12.1 Å². The minimum Gasteiger partial charge on any atom is -0.441 e. The van der Waals surface area contributed by atoms with Crippen LogP contribution in [0.2, 0.25) is 0 Å². The minimum absolute atomic E-state index is 0.615. The maximum atomic E-state index is 10.7. The molecule has 0 aliphatic carbocycles. The zero-order valence-electron chi connectivity index (χ0n) is 14.3. The number of aryl methyl sites for hydroxylation is 1. The Morgan fingerprint density at radius 1 is 0.846 bits per heavy atom. The number of hydrogen-bond acceptors (Lipinski definition) is 3. The second kappa shape index (κ2) is 6.81. The summed E-state index contributed by atoms with van der Waals surface area (Å²) in [5.74, 6) is 1.39. The summed E-state index contributed by atoms with van der Waals surface area (Å²) in [7, 11) is 0. The van der Waals surface area contributed by atoms with Crippen LogP contribution in [0.5, 0.6) is 0 Å². The molecule has 0 unspecified atom stereocenters. The smallest absolute Gasteiger partial charge is 0.226 e. The number of oxazole rings is 1. The molecule has 1 aromatic heterocycles. The Labute approximate surface area is 151 Å². The molecule has 0 aliphatic rings. The van der Waals surface area contributed by atoms with Gasteiger partial charge in [-0.2, -0.15) is 0 Å². The van der Waals surface area contributed by atoms with Gasteiger partial charge >= 0.3 is 0 Å². The van der Waals surface area contributed by atoms with Crippen molar-refractivity contribution < 1.29 is 9.21 Å². The van der Waals surface area contributed by atoms with Gasteiger partial charge in [-0.25, -0.2) is 4.98 Å². The summed E-state index contributed by atoms with van der Waals surface area (Å²) in [5, 5.41) is 2.35. The third-order valence-electron chi connectivity index (χ3n) is 4.34. The lowest BCUT2D eigenvalue weighted by Crippen LogP contribution is -1.81. The molecule has 126 valence electrons. The Balaban J connectivity index is 1.63. The fourth-order valence-corrected chi connectivity index (χ4v) is 2.87. The summed E-state index contributed by atoms with van der Waals surface area (Å²) < 4.78 is 5.87. The largest absolute Gasteiger partial charge is 0.441 e. The van der Waals surface area contributed by atoms with Crippen LogP contribution in [0.3, 0.4) is 0 Å². The van der Waals surface area contributed by atoms with Crippen molar-refractivity contribution in [1.82, 2.24) is 4.98 Å². The van der Waals surface area contributed by atoms with Crippen LogP contribution in [0.15, 0.2) is 71.1 Å². The van der Waals surface area contributed by atoms with Crippen LogP contribution in [0.4, 0.5) is 0 Å². The maximum absolute atomic E-state index is 10.7. The molecule has 0 saturated heterocycles. The van der Waals surface area contributed by atoms with Gasteiger partial charge in [0, 0.05) is 11.1 Å². The summed E-state index contributed by atoms with van der Waals surface area (Å²) >= 11 is 0. The van der Waals surface area contributed by atoms with Crippen molar-refractivity contribution in [2.24, 2.45) is 0 Å². The SMILES string of the molecule is Cc1oc(-c2ccc3ccccc3c2)nc1/C=C/c1ccc(C=O)cc1. The quantitative estimate of drug-likeness (QED) is 0.442. The number of nitrogens with zero attached hydrogens (tertiary/aromatic N) is 1. The van der Waals surface area contributed by atoms with Gasteiger partial charge < -0.3 is 4.42 Å². The molecular formula is C23H17NO2. The van der Waals surface area contributed by atoms with Crippen molar-refractivity contribution in [3.05, 3.63) is 89.3 Å². The van der Waals surface area contributed by atoms with Gasteiger partial charge in [-0.1, -0.05) is 60.7 Å². The lowest BCUT2D eigenvalue weighted by atomic mass is 10.1. The predicted molar refractivity (Wildman–Crippen MR) is 105 cm³/mol. The third kappa shape index (κ3) is 3.20. The van der Waals surface area contributed by atoms with E-state index in [4.69, 9.17) is 4.42 Å². The van der Waals surface area contributed by atoms with E-state index >= 15 is 0 Å². The van der Waals surface area contributed by atoms with Crippen LogP contribution in [0, 0.1) is 6.92 Å². The van der Waals surface area contributed by atoms with Crippen molar-refractivity contribution in [3.63, 3.8) is 0 Å². The topological polar surface area (TPSA) is 43.1 Å². The first-order valence-electron chi connectivity index (χ1n) is 8.43. The highest BCUT2D eigenvalue weighted by molar-refractivity contribution is 5.86. The van der Waals surface area contributed by atoms with Gasteiger partial charge in [0.15, 0.2) is 0 Å². The van der Waals surface area contributed by atoms with E-state index in [9.17, 15) is 4.79 Å². The van der Waals surface area contributed by atoms with Gasteiger partial charge in [-0.15, -0.1) is 0 Å². The molecule has 0 spiro atoms. The molecule has 0 N–H and O–H groups in total. The van der Waals surface area contributed by atoms with E-state index in [2.05, 4.69) is 29.2 Å². The number of rotatable bonds is 4. The molecule has 0 amide bonds. The van der Waals surface area contributed by atoms with Gasteiger partial charge in [0.2, 0.25) is 5.89 Å². The highest BCUT2D eigenvalue weighted by Crippen LogP contribution is 2.26. The highest BCUT2D eigenvalue weighted by atomic mass is 16.4. The zero-order valence-corrected chi connectivity index (χ0v) is 14.3. The molecule has 0 atom stereocenters. The molecule has 1 heterocycles. The van der Waals surface area contributed by atoms with Crippen molar-refractivity contribution in [2.45, 2.75) is 6.92 Å². The molecule has 0 aliphatic heterocycles. The van der Waals surface area contributed by atoms with Crippen molar-refractivity contribution in [2.75, 3.05) is 0 Å². The number of carbonyl (C=O) groups excluding carboxylic acids is 1. The van der Waals surface area contributed by atoms with Crippen LogP contribution >= 0.6 is 0 Å². The summed E-state index contributed by atoms with van der Waals surface area (Å²) in [6.45, 7) is 1.91. The van der Waals surface area contributed by atoms with Crippen LogP contribution in [-0.2, 0) is 0 Å². The molecular weight excluding hydrogens is 322 g/mol. The molecule has 4 rings (SSSR count). The van der Waals surface area contributed by atoms with E-state index in [-0.39, 0.29) is 0 Å². The maximum Gasteiger partial charge on any atom is 0.226 e. The fourth-order valence-electron chi connectivity index (χ4n) is 2.87. The van der Waals surface area contributed by atoms with E-state index < -0.39 is 0 Å². The second-order valence-corrected chi connectivity index (χ2v) is 6.14. The highest BCUT2D eigenvalue weighted by Gasteiger charge is 2.10. The van der Waals surface area contributed by atoms with Crippen LogP contribution in [0.25, 0.3) is 34.4 Å². The average molecular weight is 339 g/mol. The van der Waals surface area contributed by atoms with Crippen LogP contribution in [0.1, 0.15) is 27.4 Å². The average Bonchev–Trinajstić information content (AvgIpc) is 3.07. The van der Waals surface area contributed by atoms with Gasteiger partial charge in [0.1, 0.15) is 17.7 Å². The number of carbonyl (C=O) groups is 1. The summed E-state index contributed by atoms with van der Waals surface area (Å²) in [4.78, 5) is 15.3. The van der Waals surface area contributed by atoms with Crippen molar-refractivity contribution >= 4 is 29.2 Å².